The van der Waals surface area contributed by atoms with Gasteiger partial charge in [-0.3, -0.25) is 19.4 Å². The summed E-state index contributed by atoms with van der Waals surface area (Å²) >= 11 is 0. The van der Waals surface area contributed by atoms with Crippen molar-refractivity contribution in [2.75, 3.05) is 5.32 Å². The van der Waals surface area contributed by atoms with E-state index in [1.54, 1.807) is 0 Å². The fourth-order valence-corrected chi connectivity index (χ4v) is 2.82. The molecule has 0 unspecified atom stereocenters. The number of carbonyl (C=O) groups excluding carboxylic acids is 1. The highest BCUT2D eigenvalue weighted by Crippen LogP contribution is 2.37. The lowest BCUT2D eigenvalue weighted by atomic mass is 9.87. The lowest BCUT2D eigenvalue weighted by molar-refractivity contribution is -0.116. The fraction of sp³-hybridized carbons (Fsp3) is 0.333. The standard InChI is InChI=1S/C15H15F2N3O2/c1-7(2)20-14-13(15(22)19-20)10(6-12(21)18-14)9-5-8(16)3-4-11(9)17/h3-5,7,10H,6H2,1-2H3,(H,18,21)(H,19,22)/t10-/m1/s1. The Morgan fingerprint density at radius 2 is 2.00 bits per heavy atom. The Kier molecular flexibility index (Phi) is 3.35. The third-order valence-electron chi connectivity index (χ3n) is 3.81. The molecule has 0 bridgehead atoms. The van der Waals surface area contributed by atoms with Crippen LogP contribution in [0.1, 0.15) is 43.4 Å². The number of nitrogens with zero attached hydrogens (tertiary/aromatic N) is 1. The number of fused-ring (bicyclic) bond motifs is 1. The zero-order valence-electron chi connectivity index (χ0n) is 12.1. The lowest BCUT2D eigenvalue weighted by Gasteiger charge is -2.24. The van der Waals surface area contributed by atoms with Crippen LogP contribution in [-0.2, 0) is 4.79 Å². The highest BCUT2D eigenvalue weighted by atomic mass is 19.1. The van der Waals surface area contributed by atoms with E-state index in [9.17, 15) is 18.4 Å². The van der Waals surface area contributed by atoms with E-state index in [1.807, 2.05) is 13.8 Å². The molecule has 1 aliphatic rings. The first kappa shape index (κ1) is 14.5. The Balaban J connectivity index is 2.22. The molecule has 1 aliphatic heterocycles. The molecule has 0 radical (unpaired) electrons. The van der Waals surface area contributed by atoms with Crippen LogP contribution >= 0.6 is 0 Å². The van der Waals surface area contributed by atoms with E-state index in [2.05, 4.69) is 10.4 Å². The number of nitrogens with one attached hydrogen (secondary N) is 2. The van der Waals surface area contributed by atoms with Crippen LogP contribution in [0.15, 0.2) is 23.0 Å². The molecule has 1 aromatic heterocycles. The second-order valence-corrected chi connectivity index (χ2v) is 5.64. The maximum absolute atomic E-state index is 14.1. The van der Waals surface area contributed by atoms with Crippen molar-refractivity contribution in [3.8, 4) is 0 Å². The maximum Gasteiger partial charge on any atom is 0.270 e. The number of carbonyl (C=O) groups is 1. The van der Waals surface area contributed by atoms with Crippen LogP contribution in [0.2, 0.25) is 0 Å². The minimum absolute atomic E-state index is 0.0168. The zero-order chi connectivity index (χ0) is 16.0. The maximum atomic E-state index is 14.1. The molecule has 1 amide bonds. The first-order valence-corrected chi connectivity index (χ1v) is 6.97. The molecule has 3 rings (SSSR count). The molecule has 0 saturated carbocycles. The van der Waals surface area contributed by atoms with Gasteiger partial charge in [0, 0.05) is 18.4 Å². The van der Waals surface area contributed by atoms with Crippen LogP contribution in [-0.4, -0.2) is 15.7 Å². The molecule has 1 aromatic carbocycles. The van der Waals surface area contributed by atoms with Crippen LogP contribution in [0, 0.1) is 11.6 Å². The molecule has 5 nitrogen and oxygen atoms in total. The highest BCUT2D eigenvalue weighted by molar-refractivity contribution is 5.94. The molecular formula is C15H15F2N3O2. The second-order valence-electron chi connectivity index (χ2n) is 5.64. The summed E-state index contributed by atoms with van der Waals surface area (Å²) in [6.45, 7) is 3.68. The summed E-state index contributed by atoms with van der Waals surface area (Å²) in [7, 11) is 0. The third-order valence-corrected chi connectivity index (χ3v) is 3.81. The number of hydrogen-bond acceptors (Lipinski definition) is 2. The number of halogens is 2. The summed E-state index contributed by atoms with van der Waals surface area (Å²) in [4.78, 5) is 24.2. The van der Waals surface area contributed by atoms with E-state index in [1.165, 1.54) is 4.68 Å². The molecule has 22 heavy (non-hydrogen) atoms. The van der Waals surface area contributed by atoms with Crippen molar-refractivity contribution in [2.45, 2.75) is 32.2 Å². The predicted molar refractivity (Wildman–Crippen MR) is 76.9 cm³/mol. The Hall–Kier alpha value is -2.44. The predicted octanol–water partition coefficient (Wildman–Crippen LogP) is 2.51. The fourth-order valence-electron chi connectivity index (χ4n) is 2.82. The van der Waals surface area contributed by atoms with Gasteiger partial charge in [0.15, 0.2) is 0 Å². The molecule has 0 spiro atoms. The normalized spacial score (nSPS) is 17.5. The van der Waals surface area contributed by atoms with Gasteiger partial charge in [-0.25, -0.2) is 8.78 Å². The molecule has 2 heterocycles. The number of rotatable bonds is 2. The molecule has 0 fully saturated rings. The molecule has 116 valence electrons. The average molecular weight is 307 g/mol. The van der Waals surface area contributed by atoms with Crippen LogP contribution < -0.4 is 10.9 Å². The number of benzene rings is 1. The van der Waals surface area contributed by atoms with Crippen molar-refractivity contribution in [1.29, 1.82) is 0 Å². The SMILES string of the molecule is CC(C)n1[nH]c(=O)c2c1NC(=O)C[C@@H]2c1cc(F)ccc1F. The quantitative estimate of drug-likeness (QED) is 0.895. The smallest absolute Gasteiger partial charge is 0.270 e. The Bertz CT molecular complexity index is 808. The van der Waals surface area contributed by atoms with Gasteiger partial charge < -0.3 is 5.32 Å². The van der Waals surface area contributed by atoms with Gasteiger partial charge in [0.05, 0.1) is 5.56 Å². The zero-order valence-corrected chi connectivity index (χ0v) is 12.1. The Morgan fingerprint density at radius 1 is 1.27 bits per heavy atom. The van der Waals surface area contributed by atoms with E-state index in [0.717, 1.165) is 18.2 Å². The lowest BCUT2D eigenvalue weighted by Crippen LogP contribution is -2.27. The number of anilines is 1. The molecule has 7 heteroatoms. The Morgan fingerprint density at radius 3 is 2.68 bits per heavy atom. The molecule has 1 atom stereocenters. The van der Waals surface area contributed by atoms with Crippen LogP contribution in [0.5, 0.6) is 0 Å². The van der Waals surface area contributed by atoms with Gasteiger partial charge in [-0.15, -0.1) is 0 Å². The number of aromatic amines is 1. The van der Waals surface area contributed by atoms with Gasteiger partial charge in [-0.05, 0) is 37.6 Å². The van der Waals surface area contributed by atoms with Crippen molar-refractivity contribution < 1.29 is 13.6 Å². The van der Waals surface area contributed by atoms with Crippen molar-refractivity contribution in [3.05, 3.63) is 51.3 Å². The van der Waals surface area contributed by atoms with E-state index in [4.69, 9.17) is 0 Å². The topological polar surface area (TPSA) is 66.9 Å². The largest absolute Gasteiger partial charge is 0.311 e. The molecule has 2 aromatic rings. The number of H-pyrrole nitrogens is 1. The molecule has 2 N–H and O–H groups in total. The molecular weight excluding hydrogens is 292 g/mol. The van der Waals surface area contributed by atoms with Gasteiger partial charge >= 0.3 is 0 Å². The van der Waals surface area contributed by atoms with Crippen LogP contribution in [0.3, 0.4) is 0 Å². The molecule has 0 aliphatic carbocycles. The van der Waals surface area contributed by atoms with E-state index in [-0.39, 0.29) is 29.5 Å². The summed E-state index contributed by atoms with van der Waals surface area (Å²) in [5.74, 6) is -2.06. The summed E-state index contributed by atoms with van der Waals surface area (Å²) in [5, 5.41) is 5.28. The number of hydrogen-bond donors (Lipinski definition) is 2. The number of aromatic nitrogens is 2. The average Bonchev–Trinajstić information content (AvgIpc) is 2.78. The first-order valence-electron chi connectivity index (χ1n) is 6.97. The molecule has 0 saturated heterocycles. The van der Waals surface area contributed by atoms with Crippen molar-refractivity contribution in [1.82, 2.24) is 9.78 Å². The van der Waals surface area contributed by atoms with E-state index < -0.39 is 23.1 Å². The van der Waals surface area contributed by atoms with Gasteiger partial charge in [-0.1, -0.05) is 0 Å². The Labute approximate surface area is 124 Å². The van der Waals surface area contributed by atoms with Crippen LogP contribution in [0.25, 0.3) is 0 Å². The monoisotopic (exact) mass is 307 g/mol. The summed E-state index contributed by atoms with van der Waals surface area (Å²) < 4.78 is 29.0. The van der Waals surface area contributed by atoms with Crippen molar-refractivity contribution >= 4 is 11.7 Å². The van der Waals surface area contributed by atoms with E-state index >= 15 is 0 Å². The van der Waals surface area contributed by atoms with Gasteiger partial charge in [-0.2, -0.15) is 0 Å². The van der Waals surface area contributed by atoms with Gasteiger partial charge in [0.2, 0.25) is 5.91 Å². The second kappa shape index (κ2) is 5.08. The van der Waals surface area contributed by atoms with Crippen molar-refractivity contribution in [3.63, 3.8) is 0 Å². The summed E-state index contributed by atoms with van der Waals surface area (Å²) in [5.41, 5.74) is -0.127. The minimum atomic E-state index is -0.803. The summed E-state index contributed by atoms with van der Waals surface area (Å²) in [6.07, 6.45) is -0.0986. The number of amides is 1. The van der Waals surface area contributed by atoms with Gasteiger partial charge in [0.25, 0.3) is 5.56 Å². The minimum Gasteiger partial charge on any atom is -0.311 e. The first-order chi connectivity index (χ1) is 10.4. The highest BCUT2D eigenvalue weighted by Gasteiger charge is 2.34. The van der Waals surface area contributed by atoms with Gasteiger partial charge in [0.1, 0.15) is 17.5 Å². The van der Waals surface area contributed by atoms with E-state index in [0.29, 0.717) is 5.82 Å². The van der Waals surface area contributed by atoms with Crippen LogP contribution in [0.4, 0.5) is 14.6 Å². The third kappa shape index (κ3) is 2.22. The summed E-state index contributed by atoms with van der Waals surface area (Å²) in [6, 6.07) is 2.96. The van der Waals surface area contributed by atoms with Crippen molar-refractivity contribution in [2.24, 2.45) is 0 Å².